The van der Waals surface area contributed by atoms with Gasteiger partial charge in [-0.25, -0.2) is 0 Å². The second-order valence-corrected chi connectivity index (χ2v) is 5.10. The summed E-state index contributed by atoms with van der Waals surface area (Å²) in [7, 11) is 0. The Labute approximate surface area is 106 Å². The van der Waals surface area contributed by atoms with Gasteiger partial charge in [0.25, 0.3) is 0 Å². The molecule has 0 saturated heterocycles. The van der Waals surface area contributed by atoms with Crippen LogP contribution in [-0.4, -0.2) is 16.1 Å². The molecule has 0 aliphatic carbocycles. The van der Waals surface area contributed by atoms with E-state index in [1.807, 2.05) is 24.3 Å². The Bertz CT molecular complexity index is 339. The minimum absolute atomic E-state index is 0.285. The largest absolute Gasteiger partial charge is 0.426 e. The van der Waals surface area contributed by atoms with Crippen molar-refractivity contribution in [3.8, 4) is 5.75 Å². The second kappa shape index (κ2) is 6.28. The van der Waals surface area contributed by atoms with E-state index in [0.717, 1.165) is 17.3 Å². The fraction of sp³-hybridized carbons (Fsp3) is 0.364. The molecule has 82 valence electrons. The molecule has 0 bridgehead atoms. The quantitative estimate of drug-likeness (QED) is 0.479. The number of halogens is 2. The monoisotopic (exact) mass is 334 g/mol. The number of para-hydroxylation sites is 1. The van der Waals surface area contributed by atoms with E-state index in [-0.39, 0.29) is 5.97 Å². The molecule has 0 heterocycles. The first-order chi connectivity index (χ1) is 7.13. The predicted molar refractivity (Wildman–Crippen MR) is 68.0 cm³/mol. The lowest BCUT2D eigenvalue weighted by Crippen LogP contribution is -2.08. The fourth-order valence-corrected chi connectivity index (χ4v) is 1.80. The molecule has 0 saturated carbocycles. The maximum atomic E-state index is 10.9. The third-order valence-electron chi connectivity index (χ3n) is 1.84. The molecule has 1 rings (SSSR count). The standard InChI is InChI=1S/C11H12Br2O2/c1-8(14)15-11-5-3-2-4-9(11)6-10(13)7-12/h2-5,10H,6-7H2,1H3. The number of hydrogen-bond acceptors (Lipinski definition) is 2. The third kappa shape index (κ3) is 4.34. The van der Waals surface area contributed by atoms with Crippen LogP contribution in [0.15, 0.2) is 24.3 Å². The van der Waals surface area contributed by atoms with E-state index >= 15 is 0 Å². The summed E-state index contributed by atoms with van der Waals surface area (Å²) in [5.74, 6) is 0.364. The Morgan fingerprint density at radius 3 is 2.73 bits per heavy atom. The molecule has 0 aliphatic rings. The van der Waals surface area contributed by atoms with Crippen LogP contribution in [0.3, 0.4) is 0 Å². The number of carbonyl (C=O) groups excluding carboxylic acids is 1. The van der Waals surface area contributed by atoms with Gasteiger partial charge >= 0.3 is 5.97 Å². The normalized spacial score (nSPS) is 12.2. The zero-order valence-electron chi connectivity index (χ0n) is 8.37. The van der Waals surface area contributed by atoms with Crippen molar-refractivity contribution in [1.29, 1.82) is 0 Å². The molecule has 4 heteroatoms. The smallest absolute Gasteiger partial charge is 0.308 e. The number of alkyl halides is 2. The highest BCUT2D eigenvalue weighted by Crippen LogP contribution is 2.22. The van der Waals surface area contributed by atoms with Crippen LogP contribution >= 0.6 is 31.9 Å². The lowest BCUT2D eigenvalue weighted by molar-refractivity contribution is -0.131. The molecule has 0 amide bonds. The van der Waals surface area contributed by atoms with E-state index in [4.69, 9.17) is 4.74 Å². The van der Waals surface area contributed by atoms with Gasteiger partial charge in [-0.2, -0.15) is 0 Å². The van der Waals surface area contributed by atoms with Gasteiger partial charge in [0.05, 0.1) is 0 Å². The van der Waals surface area contributed by atoms with Gasteiger partial charge < -0.3 is 4.74 Å². The van der Waals surface area contributed by atoms with Crippen molar-refractivity contribution in [2.45, 2.75) is 18.2 Å². The maximum absolute atomic E-state index is 10.9. The zero-order chi connectivity index (χ0) is 11.3. The molecule has 0 aliphatic heterocycles. The summed E-state index contributed by atoms with van der Waals surface area (Å²) in [6, 6.07) is 7.58. The number of ether oxygens (including phenoxy) is 1. The minimum Gasteiger partial charge on any atom is -0.426 e. The first-order valence-corrected chi connectivity index (χ1v) is 6.63. The van der Waals surface area contributed by atoms with Crippen LogP contribution in [0.1, 0.15) is 12.5 Å². The van der Waals surface area contributed by atoms with E-state index in [1.165, 1.54) is 6.92 Å². The average Bonchev–Trinajstić information content (AvgIpc) is 2.20. The Morgan fingerprint density at radius 1 is 1.47 bits per heavy atom. The van der Waals surface area contributed by atoms with Crippen LogP contribution in [0.4, 0.5) is 0 Å². The molecule has 1 aromatic rings. The Hall–Kier alpha value is -0.350. The van der Waals surface area contributed by atoms with E-state index in [9.17, 15) is 4.79 Å². The summed E-state index contributed by atoms with van der Waals surface area (Å²) in [6.45, 7) is 1.41. The van der Waals surface area contributed by atoms with E-state index in [1.54, 1.807) is 0 Å². The topological polar surface area (TPSA) is 26.3 Å². The molecular weight excluding hydrogens is 324 g/mol. The number of rotatable bonds is 4. The zero-order valence-corrected chi connectivity index (χ0v) is 11.5. The van der Waals surface area contributed by atoms with Crippen molar-refractivity contribution < 1.29 is 9.53 Å². The van der Waals surface area contributed by atoms with Gasteiger partial charge in [0.1, 0.15) is 5.75 Å². The number of benzene rings is 1. The van der Waals surface area contributed by atoms with E-state index in [2.05, 4.69) is 31.9 Å². The molecular formula is C11H12Br2O2. The van der Waals surface area contributed by atoms with Crippen LogP contribution < -0.4 is 4.74 Å². The van der Waals surface area contributed by atoms with Crippen LogP contribution in [0.2, 0.25) is 0 Å². The van der Waals surface area contributed by atoms with Gasteiger partial charge in [0.2, 0.25) is 0 Å². The molecule has 0 N–H and O–H groups in total. The second-order valence-electron chi connectivity index (χ2n) is 3.16. The van der Waals surface area contributed by atoms with Gasteiger partial charge in [-0.3, -0.25) is 4.79 Å². The van der Waals surface area contributed by atoms with Crippen molar-refractivity contribution in [2.24, 2.45) is 0 Å². The Kier molecular flexibility index (Phi) is 5.32. The molecule has 0 aromatic heterocycles. The first kappa shape index (κ1) is 12.7. The first-order valence-electron chi connectivity index (χ1n) is 4.60. The maximum Gasteiger partial charge on any atom is 0.308 e. The molecule has 1 aromatic carbocycles. The van der Waals surface area contributed by atoms with Gasteiger partial charge in [-0.1, -0.05) is 50.1 Å². The number of carbonyl (C=O) groups is 1. The molecule has 1 unspecified atom stereocenters. The molecule has 15 heavy (non-hydrogen) atoms. The van der Waals surface area contributed by atoms with Gasteiger partial charge in [-0.15, -0.1) is 0 Å². The highest BCUT2D eigenvalue weighted by atomic mass is 79.9. The van der Waals surface area contributed by atoms with Crippen molar-refractivity contribution >= 4 is 37.8 Å². The van der Waals surface area contributed by atoms with Crippen molar-refractivity contribution in [3.63, 3.8) is 0 Å². The lowest BCUT2D eigenvalue weighted by atomic mass is 10.1. The summed E-state index contributed by atoms with van der Waals surface area (Å²) < 4.78 is 5.12. The summed E-state index contributed by atoms with van der Waals surface area (Å²) in [5.41, 5.74) is 1.04. The molecule has 0 spiro atoms. The highest BCUT2D eigenvalue weighted by Gasteiger charge is 2.09. The lowest BCUT2D eigenvalue weighted by Gasteiger charge is -2.10. The van der Waals surface area contributed by atoms with Gasteiger partial charge in [-0.05, 0) is 18.1 Å². The van der Waals surface area contributed by atoms with Crippen molar-refractivity contribution in [2.75, 3.05) is 5.33 Å². The predicted octanol–water partition coefficient (Wildman–Crippen LogP) is 3.31. The number of esters is 1. The average molecular weight is 336 g/mol. The third-order valence-corrected chi connectivity index (χ3v) is 4.13. The van der Waals surface area contributed by atoms with Crippen molar-refractivity contribution in [1.82, 2.24) is 0 Å². The Morgan fingerprint density at radius 2 is 2.13 bits per heavy atom. The van der Waals surface area contributed by atoms with E-state index < -0.39 is 0 Å². The molecule has 0 radical (unpaired) electrons. The SMILES string of the molecule is CC(=O)Oc1ccccc1CC(Br)CBr. The summed E-state index contributed by atoms with van der Waals surface area (Å²) >= 11 is 6.92. The minimum atomic E-state index is -0.285. The van der Waals surface area contributed by atoms with Crippen LogP contribution in [-0.2, 0) is 11.2 Å². The van der Waals surface area contributed by atoms with Crippen molar-refractivity contribution in [3.05, 3.63) is 29.8 Å². The van der Waals surface area contributed by atoms with Crippen LogP contribution in [0, 0.1) is 0 Å². The van der Waals surface area contributed by atoms with Gasteiger partial charge in [0, 0.05) is 17.1 Å². The summed E-state index contributed by atoms with van der Waals surface area (Å²) in [5, 5.41) is 0.863. The molecule has 2 nitrogen and oxygen atoms in total. The fourth-order valence-electron chi connectivity index (χ4n) is 1.22. The number of hydrogen-bond donors (Lipinski definition) is 0. The highest BCUT2D eigenvalue weighted by molar-refractivity contribution is 9.12. The summed E-state index contributed by atoms with van der Waals surface area (Å²) in [6.07, 6.45) is 0.828. The molecule has 0 fully saturated rings. The molecule has 1 atom stereocenters. The summed E-state index contributed by atoms with van der Waals surface area (Å²) in [4.78, 5) is 11.2. The van der Waals surface area contributed by atoms with Crippen LogP contribution in [0.5, 0.6) is 5.75 Å². The van der Waals surface area contributed by atoms with Gasteiger partial charge in [0.15, 0.2) is 0 Å². The van der Waals surface area contributed by atoms with E-state index in [0.29, 0.717) is 10.6 Å². The Balaban J connectivity index is 2.81. The van der Waals surface area contributed by atoms with Crippen LogP contribution in [0.25, 0.3) is 0 Å².